The molecule has 0 aliphatic heterocycles. The minimum atomic E-state index is -0.672. The molecule has 2 N–H and O–H groups in total. The molecule has 10 heteroatoms. The number of aromatic amines is 1. The lowest BCUT2D eigenvalue weighted by atomic mass is 10.2. The van der Waals surface area contributed by atoms with Gasteiger partial charge in [-0.05, 0) is 6.07 Å². The highest BCUT2D eigenvalue weighted by molar-refractivity contribution is 5.82. The number of pyridine rings is 1. The molecule has 24 heavy (non-hydrogen) atoms. The minimum Gasteiger partial charge on any atom is -0.318 e. The molecule has 0 saturated carbocycles. The number of nitro groups is 1. The van der Waals surface area contributed by atoms with Crippen LogP contribution in [0.1, 0.15) is 0 Å². The summed E-state index contributed by atoms with van der Waals surface area (Å²) in [6.45, 7) is 0. The van der Waals surface area contributed by atoms with Crippen molar-refractivity contribution in [2.24, 2.45) is 0 Å². The molecule has 0 aliphatic carbocycles. The van der Waals surface area contributed by atoms with Gasteiger partial charge in [-0.1, -0.05) is 0 Å². The zero-order chi connectivity index (χ0) is 17.3. The molecule has 0 atom stereocenters. The van der Waals surface area contributed by atoms with Crippen LogP contribution in [-0.2, 0) is 0 Å². The molecule has 0 fully saturated rings. The van der Waals surface area contributed by atoms with Gasteiger partial charge in [-0.15, -0.1) is 0 Å². The molecule has 0 unspecified atom stereocenters. The van der Waals surface area contributed by atoms with Crippen molar-refractivity contribution in [1.29, 1.82) is 5.26 Å². The summed E-state index contributed by atoms with van der Waals surface area (Å²) in [6.07, 6.45) is 4.36. The molecule has 10 nitrogen and oxygen atoms in total. The Balaban J connectivity index is 2.32. The van der Waals surface area contributed by atoms with Crippen molar-refractivity contribution in [2.45, 2.75) is 0 Å². The average molecular weight is 324 g/mol. The number of hydrogen-bond acceptors (Lipinski definition) is 7. The number of anilines is 1. The van der Waals surface area contributed by atoms with E-state index in [1.807, 2.05) is 0 Å². The van der Waals surface area contributed by atoms with Crippen LogP contribution in [0, 0.1) is 21.6 Å². The van der Waals surface area contributed by atoms with Crippen molar-refractivity contribution < 1.29 is 4.92 Å². The van der Waals surface area contributed by atoms with Crippen LogP contribution >= 0.6 is 0 Å². The minimum absolute atomic E-state index is 0.153. The van der Waals surface area contributed by atoms with Gasteiger partial charge < -0.3 is 9.55 Å². The third kappa shape index (κ3) is 2.57. The number of rotatable bonds is 3. The van der Waals surface area contributed by atoms with Crippen molar-refractivity contribution in [2.75, 3.05) is 5.32 Å². The highest BCUT2D eigenvalue weighted by Crippen LogP contribution is 2.26. The molecule has 0 radical (unpaired) electrons. The fourth-order valence-electron chi connectivity index (χ4n) is 2.18. The Morgan fingerprint density at radius 2 is 2.00 bits per heavy atom. The maximum atomic E-state index is 11.8. The number of H-pyrrole nitrogens is 1. The lowest BCUT2D eigenvalue weighted by Gasteiger charge is -2.08. The first kappa shape index (κ1) is 14.9. The lowest BCUT2D eigenvalue weighted by Crippen LogP contribution is -2.14. The predicted octanol–water partition coefficient (Wildman–Crippen LogP) is 0.875. The molecular formula is C14H8N6O4. The number of hydrogen-bond donors (Lipinski definition) is 2. The molecule has 1 aromatic carbocycles. The number of aromatic nitrogens is 3. The van der Waals surface area contributed by atoms with E-state index in [2.05, 4.69) is 15.3 Å². The van der Waals surface area contributed by atoms with E-state index in [0.717, 1.165) is 0 Å². The first-order chi connectivity index (χ1) is 11.5. The highest BCUT2D eigenvalue weighted by atomic mass is 16.6. The fraction of sp³-hybridized carbons (Fsp3) is 0. The van der Waals surface area contributed by atoms with Gasteiger partial charge in [-0.25, -0.2) is 4.98 Å². The van der Waals surface area contributed by atoms with E-state index in [4.69, 9.17) is 5.26 Å². The van der Waals surface area contributed by atoms with Crippen molar-refractivity contribution in [1.82, 2.24) is 14.5 Å². The molecule has 2 aromatic heterocycles. The Kier molecular flexibility index (Phi) is 3.51. The molecular weight excluding hydrogens is 316 g/mol. The highest BCUT2D eigenvalue weighted by Gasteiger charge is 2.18. The van der Waals surface area contributed by atoms with Gasteiger partial charge in [-0.3, -0.25) is 25.0 Å². The molecule has 0 aliphatic rings. The van der Waals surface area contributed by atoms with Crippen LogP contribution in [0.4, 0.5) is 11.5 Å². The lowest BCUT2D eigenvalue weighted by molar-refractivity contribution is -0.384. The van der Waals surface area contributed by atoms with Crippen LogP contribution in [-0.4, -0.2) is 19.5 Å². The Bertz CT molecular complexity index is 1100. The zero-order valence-corrected chi connectivity index (χ0v) is 11.9. The van der Waals surface area contributed by atoms with Gasteiger partial charge in [0, 0.05) is 30.6 Å². The topological polar surface area (TPSA) is 147 Å². The van der Waals surface area contributed by atoms with Crippen molar-refractivity contribution >= 4 is 22.5 Å². The second-order valence-electron chi connectivity index (χ2n) is 4.71. The van der Waals surface area contributed by atoms with Crippen molar-refractivity contribution in [3.05, 3.63) is 67.4 Å². The van der Waals surface area contributed by atoms with Gasteiger partial charge in [0.05, 0.1) is 16.0 Å². The van der Waals surface area contributed by atoms with E-state index in [1.165, 1.54) is 41.2 Å². The largest absolute Gasteiger partial charge is 0.318 e. The van der Waals surface area contributed by atoms with Crippen molar-refractivity contribution in [3.8, 4) is 11.9 Å². The second kappa shape index (κ2) is 5.65. The first-order valence-electron chi connectivity index (χ1n) is 6.56. The van der Waals surface area contributed by atoms with Crippen LogP contribution in [0.2, 0.25) is 0 Å². The summed E-state index contributed by atoms with van der Waals surface area (Å²) in [5.41, 5.74) is -0.627. The summed E-state index contributed by atoms with van der Waals surface area (Å²) in [5.74, 6) is -0.218. The van der Waals surface area contributed by atoms with Crippen LogP contribution in [0.5, 0.6) is 0 Å². The molecule has 118 valence electrons. The van der Waals surface area contributed by atoms with Crippen LogP contribution < -0.4 is 16.3 Å². The summed E-state index contributed by atoms with van der Waals surface area (Å²) in [5, 5.41) is 22.1. The zero-order valence-electron chi connectivity index (χ0n) is 11.9. The maximum absolute atomic E-state index is 11.8. The second-order valence-corrected chi connectivity index (χ2v) is 4.71. The van der Waals surface area contributed by atoms with Gasteiger partial charge in [0.1, 0.15) is 5.69 Å². The Labute approximate surface area is 132 Å². The number of fused-ring (bicyclic) bond motifs is 1. The van der Waals surface area contributed by atoms with E-state index in [0.29, 0.717) is 0 Å². The molecule has 3 aromatic rings. The van der Waals surface area contributed by atoms with E-state index in [-0.39, 0.29) is 33.7 Å². The third-order valence-corrected chi connectivity index (χ3v) is 3.24. The number of nitriles is 1. The number of nitrogens with one attached hydrogen (secondary N) is 2. The van der Waals surface area contributed by atoms with Crippen LogP contribution in [0.25, 0.3) is 16.7 Å². The van der Waals surface area contributed by atoms with Gasteiger partial charge >= 0.3 is 0 Å². The molecule has 2 heterocycles. The fourth-order valence-corrected chi connectivity index (χ4v) is 2.18. The Hall–Kier alpha value is -4.00. The normalized spacial score (nSPS) is 10.3. The predicted molar refractivity (Wildman–Crippen MR) is 83.9 cm³/mol. The van der Waals surface area contributed by atoms with Gasteiger partial charge in [-0.2, -0.15) is 5.26 Å². The monoisotopic (exact) mass is 324 g/mol. The van der Waals surface area contributed by atoms with Gasteiger partial charge in [0.2, 0.25) is 5.82 Å². The van der Waals surface area contributed by atoms with Crippen LogP contribution in [0.3, 0.4) is 0 Å². The SMILES string of the molecule is N#CNc1nc2cc(-n3ccc(=O)cc3)c([N+](=O)[O-])cc2[nH]c1=O. The number of benzene rings is 1. The summed E-state index contributed by atoms with van der Waals surface area (Å²) in [6, 6.07) is 5.08. The first-order valence-corrected chi connectivity index (χ1v) is 6.56. The van der Waals surface area contributed by atoms with Gasteiger partial charge in [0.25, 0.3) is 11.2 Å². The van der Waals surface area contributed by atoms with Crippen LogP contribution in [0.15, 0.2) is 46.2 Å². The summed E-state index contributed by atoms with van der Waals surface area (Å²) in [7, 11) is 0. The standard InChI is InChI=1S/C14H8N6O4/c15-7-16-13-14(22)18-10-6-12(20(23)24)11(5-9(10)17-13)19-3-1-8(21)2-4-19/h1-6H,(H,16,17)(H,18,22). The van der Waals surface area contributed by atoms with E-state index in [1.54, 1.807) is 6.19 Å². The van der Waals surface area contributed by atoms with Crippen molar-refractivity contribution in [3.63, 3.8) is 0 Å². The Morgan fingerprint density at radius 3 is 2.62 bits per heavy atom. The average Bonchev–Trinajstić information content (AvgIpc) is 2.55. The molecule has 0 bridgehead atoms. The molecule has 0 amide bonds. The van der Waals surface area contributed by atoms with E-state index < -0.39 is 10.5 Å². The van der Waals surface area contributed by atoms with Gasteiger partial charge in [0.15, 0.2) is 11.6 Å². The van der Waals surface area contributed by atoms with E-state index in [9.17, 15) is 19.7 Å². The maximum Gasteiger partial charge on any atom is 0.295 e. The Morgan fingerprint density at radius 1 is 1.29 bits per heavy atom. The third-order valence-electron chi connectivity index (χ3n) is 3.24. The molecule has 0 spiro atoms. The molecule has 3 rings (SSSR count). The number of nitro benzene ring substituents is 1. The quantitative estimate of drug-likeness (QED) is 0.314. The molecule has 0 saturated heterocycles. The summed E-state index contributed by atoms with van der Waals surface area (Å²) in [4.78, 5) is 40.1. The summed E-state index contributed by atoms with van der Waals surface area (Å²) < 4.78 is 1.39. The number of nitrogens with zero attached hydrogens (tertiary/aromatic N) is 4. The summed E-state index contributed by atoms with van der Waals surface area (Å²) >= 11 is 0. The smallest absolute Gasteiger partial charge is 0.295 e. The van der Waals surface area contributed by atoms with E-state index >= 15 is 0 Å².